The number of sulfonamides is 1. The molecule has 0 aromatic carbocycles. The van der Waals surface area contributed by atoms with E-state index < -0.39 is 15.8 Å². The maximum atomic E-state index is 13.2. The Labute approximate surface area is 122 Å². The summed E-state index contributed by atoms with van der Waals surface area (Å²) in [6.07, 6.45) is 3.60. The molecule has 1 aromatic rings. The van der Waals surface area contributed by atoms with Gasteiger partial charge in [-0.25, -0.2) is 12.8 Å². The van der Waals surface area contributed by atoms with Crippen molar-refractivity contribution in [3.8, 4) is 0 Å². The van der Waals surface area contributed by atoms with Crippen LogP contribution in [-0.4, -0.2) is 35.6 Å². The Bertz CT molecular complexity index is 506. The fourth-order valence-electron chi connectivity index (χ4n) is 1.95. The van der Waals surface area contributed by atoms with Gasteiger partial charge in [-0.2, -0.15) is 4.31 Å². The molecule has 0 amide bonds. The lowest BCUT2D eigenvalue weighted by Gasteiger charge is -2.28. The van der Waals surface area contributed by atoms with Crippen LogP contribution in [0, 0.1) is 5.82 Å². The third-order valence-electron chi connectivity index (χ3n) is 2.94. The summed E-state index contributed by atoms with van der Waals surface area (Å²) < 4.78 is 39.6. The van der Waals surface area contributed by atoms with Crippen LogP contribution in [0.5, 0.6) is 0 Å². The SMILES string of the molecule is CCC(CC)N(CCBr)S(=O)(=O)c1cncc(F)c1. The quantitative estimate of drug-likeness (QED) is 0.709. The van der Waals surface area contributed by atoms with Crippen LogP contribution in [0.3, 0.4) is 0 Å². The molecule has 0 saturated heterocycles. The summed E-state index contributed by atoms with van der Waals surface area (Å²) in [5.41, 5.74) is 0. The molecule has 0 atom stereocenters. The van der Waals surface area contributed by atoms with Crippen molar-refractivity contribution in [1.29, 1.82) is 0 Å². The number of hydrogen-bond acceptors (Lipinski definition) is 3. The van der Waals surface area contributed by atoms with Gasteiger partial charge in [0.1, 0.15) is 10.7 Å². The summed E-state index contributed by atoms with van der Waals surface area (Å²) in [4.78, 5) is 3.51. The van der Waals surface area contributed by atoms with E-state index in [2.05, 4.69) is 20.9 Å². The lowest BCUT2D eigenvalue weighted by Crippen LogP contribution is -2.41. The molecule has 0 fully saturated rings. The molecule has 0 saturated carbocycles. The van der Waals surface area contributed by atoms with E-state index in [1.807, 2.05) is 13.8 Å². The zero-order valence-electron chi connectivity index (χ0n) is 11.0. The molecule has 0 aliphatic rings. The number of hydrogen-bond donors (Lipinski definition) is 0. The summed E-state index contributed by atoms with van der Waals surface area (Å²) in [5.74, 6) is -0.649. The highest BCUT2D eigenvalue weighted by molar-refractivity contribution is 9.09. The summed E-state index contributed by atoms with van der Waals surface area (Å²) >= 11 is 3.26. The highest BCUT2D eigenvalue weighted by Crippen LogP contribution is 2.21. The minimum atomic E-state index is -3.71. The summed E-state index contributed by atoms with van der Waals surface area (Å²) in [5, 5.41) is 0.533. The van der Waals surface area contributed by atoms with E-state index in [9.17, 15) is 12.8 Å². The second-order valence-corrected chi connectivity index (χ2v) is 6.80. The fourth-order valence-corrected chi connectivity index (χ4v) is 4.31. The first kappa shape index (κ1) is 16.5. The number of aromatic nitrogens is 1. The minimum absolute atomic E-state index is 0.0918. The zero-order valence-corrected chi connectivity index (χ0v) is 13.4. The van der Waals surface area contributed by atoms with Gasteiger partial charge >= 0.3 is 0 Å². The molecule has 0 aliphatic heterocycles. The largest absolute Gasteiger partial charge is 0.260 e. The molecule has 0 unspecified atom stereocenters. The van der Waals surface area contributed by atoms with Gasteiger partial charge in [-0.05, 0) is 18.9 Å². The standard InChI is InChI=1S/C12H18BrFN2O2S/c1-3-11(4-2)16(6-5-13)19(17,18)12-7-10(14)8-15-9-12/h7-9,11H,3-6H2,1-2H3. The Balaban J connectivity index is 3.19. The molecule has 0 aliphatic carbocycles. The smallest absolute Gasteiger partial charge is 0.244 e. The van der Waals surface area contributed by atoms with Crippen LogP contribution in [0.25, 0.3) is 0 Å². The zero-order chi connectivity index (χ0) is 14.5. The van der Waals surface area contributed by atoms with Crippen LogP contribution in [0.15, 0.2) is 23.4 Å². The summed E-state index contributed by atoms with van der Waals surface area (Å²) in [6, 6.07) is 0.914. The van der Waals surface area contributed by atoms with E-state index >= 15 is 0 Å². The van der Waals surface area contributed by atoms with Gasteiger partial charge in [-0.1, -0.05) is 29.8 Å². The second kappa shape index (κ2) is 7.31. The molecule has 7 heteroatoms. The van der Waals surface area contributed by atoms with E-state index in [-0.39, 0.29) is 10.9 Å². The van der Waals surface area contributed by atoms with Gasteiger partial charge in [-0.15, -0.1) is 0 Å². The van der Waals surface area contributed by atoms with Gasteiger partial charge in [0.2, 0.25) is 10.0 Å². The molecule has 1 heterocycles. The highest BCUT2D eigenvalue weighted by Gasteiger charge is 2.29. The summed E-state index contributed by atoms with van der Waals surface area (Å²) in [6.45, 7) is 4.23. The Kier molecular flexibility index (Phi) is 6.35. The molecule has 0 radical (unpaired) electrons. The van der Waals surface area contributed by atoms with Gasteiger partial charge in [0, 0.05) is 24.1 Å². The molecule has 4 nitrogen and oxygen atoms in total. The van der Waals surface area contributed by atoms with Crippen LogP contribution in [-0.2, 0) is 10.0 Å². The van der Waals surface area contributed by atoms with Crippen molar-refractivity contribution in [2.24, 2.45) is 0 Å². The lowest BCUT2D eigenvalue weighted by molar-refractivity contribution is 0.317. The van der Waals surface area contributed by atoms with Crippen molar-refractivity contribution in [3.05, 3.63) is 24.3 Å². The number of pyridine rings is 1. The maximum absolute atomic E-state index is 13.2. The van der Waals surface area contributed by atoms with Crippen molar-refractivity contribution in [2.45, 2.75) is 37.6 Å². The molecule has 1 aromatic heterocycles. The predicted molar refractivity (Wildman–Crippen MR) is 76.3 cm³/mol. The molecule has 1 rings (SSSR count). The molecule has 0 bridgehead atoms. The van der Waals surface area contributed by atoms with Gasteiger partial charge < -0.3 is 0 Å². The molecular formula is C12H18BrFN2O2S. The van der Waals surface area contributed by atoms with Crippen LogP contribution < -0.4 is 0 Å². The first-order valence-corrected chi connectivity index (χ1v) is 8.71. The van der Waals surface area contributed by atoms with Crippen molar-refractivity contribution in [1.82, 2.24) is 9.29 Å². The number of alkyl halides is 1. The van der Waals surface area contributed by atoms with Crippen LogP contribution in [0.2, 0.25) is 0 Å². The molecule has 108 valence electrons. The predicted octanol–water partition coefficient (Wildman–Crippen LogP) is 2.79. The van der Waals surface area contributed by atoms with Gasteiger partial charge in [-0.3, -0.25) is 4.98 Å². The number of halogens is 2. The van der Waals surface area contributed by atoms with Gasteiger partial charge in [0.25, 0.3) is 0 Å². The van der Waals surface area contributed by atoms with Crippen molar-refractivity contribution < 1.29 is 12.8 Å². The van der Waals surface area contributed by atoms with Crippen LogP contribution in [0.4, 0.5) is 4.39 Å². The van der Waals surface area contributed by atoms with Crippen LogP contribution >= 0.6 is 15.9 Å². The monoisotopic (exact) mass is 352 g/mol. The van der Waals surface area contributed by atoms with Crippen LogP contribution in [0.1, 0.15) is 26.7 Å². The number of nitrogens with zero attached hydrogens (tertiary/aromatic N) is 2. The third-order valence-corrected chi connectivity index (χ3v) is 5.21. The maximum Gasteiger partial charge on any atom is 0.244 e. The molecule has 0 spiro atoms. The first-order valence-electron chi connectivity index (χ1n) is 6.15. The Hall–Kier alpha value is -0.530. The lowest BCUT2D eigenvalue weighted by atomic mass is 10.2. The van der Waals surface area contributed by atoms with E-state index in [0.29, 0.717) is 24.7 Å². The van der Waals surface area contributed by atoms with Gasteiger partial charge in [0.15, 0.2) is 0 Å². The molecule has 19 heavy (non-hydrogen) atoms. The van der Waals surface area contributed by atoms with E-state index in [1.165, 1.54) is 10.5 Å². The van der Waals surface area contributed by atoms with E-state index in [1.54, 1.807) is 0 Å². The first-order chi connectivity index (χ1) is 8.97. The number of rotatable bonds is 7. The van der Waals surface area contributed by atoms with Crippen molar-refractivity contribution in [3.63, 3.8) is 0 Å². The fraction of sp³-hybridized carbons (Fsp3) is 0.583. The van der Waals surface area contributed by atoms with E-state index in [0.717, 1.165) is 12.3 Å². The van der Waals surface area contributed by atoms with Gasteiger partial charge in [0.05, 0.1) is 6.20 Å². The topological polar surface area (TPSA) is 50.3 Å². The average molecular weight is 353 g/mol. The molecular weight excluding hydrogens is 335 g/mol. The Morgan fingerprint density at radius 1 is 1.37 bits per heavy atom. The minimum Gasteiger partial charge on any atom is -0.260 e. The van der Waals surface area contributed by atoms with Crippen molar-refractivity contribution >= 4 is 26.0 Å². The second-order valence-electron chi connectivity index (χ2n) is 4.11. The Morgan fingerprint density at radius 3 is 2.47 bits per heavy atom. The van der Waals surface area contributed by atoms with Crippen molar-refractivity contribution in [2.75, 3.05) is 11.9 Å². The van der Waals surface area contributed by atoms with E-state index in [4.69, 9.17) is 0 Å². The Morgan fingerprint density at radius 2 is 2.00 bits per heavy atom. The molecule has 0 N–H and O–H groups in total. The summed E-state index contributed by atoms with van der Waals surface area (Å²) in [7, 11) is -3.71. The normalized spacial score (nSPS) is 12.3. The average Bonchev–Trinajstić information content (AvgIpc) is 2.39. The highest BCUT2D eigenvalue weighted by atomic mass is 79.9. The third kappa shape index (κ3) is 3.97.